The van der Waals surface area contributed by atoms with E-state index in [-0.39, 0.29) is 5.56 Å². The maximum Gasteiger partial charge on any atom is 0.257 e. The van der Waals surface area contributed by atoms with E-state index in [4.69, 9.17) is 11.1 Å². The second-order valence-corrected chi connectivity index (χ2v) is 8.52. The summed E-state index contributed by atoms with van der Waals surface area (Å²) in [5, 5.41) is 9.54. The molecule has 1 saturated heterocycles. The van der Waals surface area contributed by atoms with E-state index in [9.17, 15) is 4.79 Å². The van der Waals surface area contributed by atoms with Crippen molar-refractivity contribution < 1.29 is 0 Å². The van der Waals surface area contributed by atoms with Crippen molar-refractivity contribution in [3.05, 3.63) is 76.2 Å². The monoisotopic (exact) mass is 425 g/mol. The van der Waals surface area contributed by atoms with Crippen molar-refractivity contribution in [2.24, 2.45) is 5.73 Å². The topological polar surface area (TPSA) is 102 Å². The minimum absolute atomic E-state index is 0.132. The Balaban J connectivity index is 1.51. The number of nitrogens with one attached hydrogen (secondary N) is 3. The van der Waals surface area contributed by atoms with Gasteiger partial charge in [-0.1, -0.05) is 18.6 Å². The lowest BCUT2D eigenvalue weighted by atomic mass is 10.0. The fourth-order valence-electron chi connectivity index (χ4n) is 4.62. The molecule has 2 aromatic carbocycles. The molecule has 0 amide bonds. The molecule has 5 N–H and O–H groups in total. The Bertz CT molecular complexity index is 1390. The van der Waals surface area contributed by atoms with Crippen LogP contribution in [0.15, 0.2) is 59.5 Å². The second kappa shape index (κ2) is 8.48. The van der Waals surface area contributed by atoms with Crippen LogP contribution in [-0.2, 0) is 6.54 Å². The van der Waals surface area contributed by atoms with E-state index in [1.807, 2.05) is 24.3 Å². The first-order valence-electron chi connectivity index (χ1n) is 11.1. The Labute approximate surface area is 186 Å². The lowest BCUT2D eigenvalue weighted by molar-refractivity contribution is 0.221. The molecule has 1 fully saturated rings. The Morgan fingerprint density at radius 3 is 2.50 bits per heavy atom. The zero-order valence-electron chi connectivity index (χ0n) is 17.9. The lowest BCUT2D eigenvalue weighted by Gasteiger charge is -2.26. The van der Waals surface area contributed by atoms with Crippen LogP contribution < -0.4 is 11.3 Å². The predicted molar refractivity (Wildman–Crippen MR) is 132 cm³/mol. The van der Waals surface area contributed by atoms with Crippen LogP contribution in [0.4, 0.5) is 0 Å². The molecule has 5 rings (SSSR count). The molecule has 1 aliphatic heterocycles. The molecule has 1 aliphatic rings. The molecule has 0 bridgehead atoms. The number of fused-ring (bicyclic) bond motifs is 2. The van der Waals surface area contributed by atoms with Gasteiger partial charge in [-0.15, -0.1) is 0 Å². The summed E-state index contributed by atoms with van der Waals surface area (Å²) in [5.74, 6) is 0. The molecule has 0 radical (unpaired) electrons. The number of allylic oxidation sites excluding steroid dienone is 1. The van der Waals surface area contributed by atoms with Gasteiger partial charge in [0.25, 0.3) is 5.56 Å². The van der Waals surface area contributed by atoms with Gasteiger partial charge in [-0.25, -0.2) is 0 Å². The lowest BCUT2D eigenvalue weighted by Crippen LogP contribution is -2.28. The third-order valence-electron chi connectivity index (χ3n) is 6.34. The number of rotatable bonds is 5. The number of piperidine rings is 1. The van der Waals surface area contributed by atoms with E-state index >= 15 is 0 Å². The number of pyridine rings is 1. The van der Waals surface area contributed by atoms with E-state index in [1.165, 1.54) is 50.3 Å². The minimum atomic E-state index is -0.132. The third-order valence-corrected chi connectivity index (χ3v) is 6.34. The van der Waals surface area contributed by atoms with Gasteiger partial charge in [0.15, 0.2) is 0 Å². The second-order valence-electron chi connectivity index (χ2n) is 8.52. The van der Waals surface area contributed by atoms with Crippen molar-refractivity contribution in [3.63, 3.8) is 0 Å². The molecule has 32 heavy (non-hydrogen) atoms. The van der Waals surface area contributed by atoms with Crippen molar-refractivity contribution in [1.29, 1.82) is 5.41 Å². The number of aromatic nitrogens is 2. The normalized spacial score (nSPS) is 15.4. The first-order chi connectivity index (χ1) is 15.6. The van der Waals surface area contributed by atoms with Gasteiger partial charge in [-0.2, -0.15) is 0 Å². The van der Waals surface area contributed by atoms with Crippen molar-refractivity contribution in [2.75, 3.05) is 13.1 Å². The Morgan fingerprint density at radius 1 is 0.969 bits per heavy atom. The van der Waals surface area contributed by atoms with Gasteiger partial charge in [0.05, 0.1) is 11.3 Å². The fraction of sp³-hybridized carbons (Fsp3) is 0.231. The van der Waals surface area contributed by atoms with E-state index in [2.05, 4.69) is 39.1 Å². The summed E-state index contributed by atoms with van der Waals surface area (Å²) >= 11 is 0. The zero-order valence-corrected chi connectivity index (χ0v) is 17.9. The molecular weight excluding hydrogens is 398 g/mol. The van der Waals surface area contributed by atoms with Gasteiger partial charge >= 0.3 is 0 Å². The Kier molecular flexibility index (Phi) is 5.37. The number of hydrogen-bond acceptors (Lipinski definition) is 4. The van der Waals surface area contributed by atoms with Crippen LogP contribution in [0, 0.1) is 5.41 Å². The third kappa shape index (κ3) is 3.85. The van der Waals surface area contributed by atoms with E-state index in [0.29, 0.717) is 11.1 Å². The molecule has 0 aliphatic carbocycles. The summed E-state index contributed by atoms with van der Waals surface area (Å²) in [4.78, 5) is 21.7. The average Bonchev–Trinajstić information content (AvgIpc) is 3.23. The maximum absolute atomic E-state index is 12.8. The van der Waals surface area contributed by atoms with Gasteiger partial charge in [0.1, 0.15) is 0 Å². The molecule has 0 unspecified atom stereocenters. The van der Waals surface area contributed by atoms with Gasteiger partial charge in [0.2, 0.25) is 0 Å². The van der Waals surface area contributed by atoms with Crippen LogP contribution in [0.2, 0.25) is 0 Å². The maximum atomic E-state index is 12.8. The highest BCUT2D eigenvalue weighted by Gasteiger charge is 2.13. The van der Waals surface area contributed by atoms with Gasteiger partial charge in [-0.05, 0) is 78.8 Å². The molecule has 0 spiro atoms. The highest BCUT2D eigenvalue weighted by molar-refractivity contribution is 6.09. The smallest absolute Gasteiger partial charge is 0.257 e. The number of nitrogens with two attached hydrogens (primary N) is 1. The van der Waals surface area contributed by atoms with Crippen LogP contribution in [0.1, 0.15) is 30.4 Å². The predicted octanol–water partition coefficient (Wildman–Crippen LogP) is 4.61. The molecule has 4 aromatic rings. The molecule has 0 atom stereocenters. The number of likely N-dealkylation sites (tertiary alicyclic amines) is 1. The SMILES string of the molecule is N=CC(=CN)c1ccc2[nH]c(=O)c(-c3cc4cc(CN5CCCCC5)ccc4[nH]3)cc2c1. The highest BCUT2D eigenvalue weighted by Crippen LogP contribution is 2.26. The van der Waals surface area contributed by atoms with E-state index in [0.717, 1.165) is 39.6 Å². The first kappa shape index (κ1) is 20.3. The molecular formula is C26H27N5O. The van der Waals surface area contributed by atoms with Crippen molar-refractivity contribution in [3.8, 4) is 11.3 Å². The largest absolute Gasteiger partial charge is 0.404 e. The number of aromatic amines is 2. The van der Waals surface area contributed by atoms with Gasteiger partial charge < -0.3 is 21.1 Å². The average molecular weight is 426 g/mol. The zero-order chi connectivity index (χ0) is 22.1. The number of nitrogens with zero attached hydrogens (tertiary/aromatic N) is 1. The van der Waals surface area contributed by atoms with Crippen LogP contribution in [0.3, 0.4) is 0 Å². The summed E-state index contributed by atoms with van der Waals surface area (Å²) in [6.45, 7) is 3.31. The summed E-state index contributed by atoms with van der Waals surface area (Å²) < 4.78 is 0. The quantitative estimate of drug-likeness (QED) is 0.351. The van der Waals surface area contributed by atoms with Crippen molar-refractivity contribution in [1.82, 2.24) is 14.9 Å². The van der Waals surface area contributed by atoms with E-state index < -0.39 is 0 Å². The van der Waals surface area contributed by atoms with Crippen molar-refractivity contribution in [2.45, 2.75) is 25.8 Å². The summed E-state index contributed by atoms with van der Waals surface area (Å²) in [5.41, 5.74) is 11.4. The molecule has 6 heteroatoms. The molecule has 6 nitrogen and oxygen atoms in total. The van der Waals surface area contributed by atoms with Gasteiger partial charge in [-0.3, -0.25) is 9.69 Å². The summed E-state index contributed by atoms with van der Waals surface area (Å²) in [6, 6.07) is 16.1. The Morgan fingerprint density at radius 2 is 1.72 bits per heavy atom. The minimum Gasteiger partial charge on any atom is -0.404 e. The Hall–Kier alpha value is -3.64. The number of H-pyrrole nitrogens is 2. The van der Waals surface area contributed by atoms with Crippen LogP contribution in [0.5, 0.6) is 0 Å². The first-order valence-corrected chi connectivity index (χ1v) is 11.1. The molecule has 162 valence electrons. The molecule has 0 saturated carbocycles. The van der Waals surface area contributed by atoms with Crippen LogP contribution in [-0.4, -0.2) is 34.2 Å². The number of hydrogen-bond donors (Lipinski definition) is 4. The van der Waals surface area contributed by atoms with Crippen LogP contribution in [0.25, 0.3) is 38.6 Å². The summed E-state index contributed by atoms with van der Waals surface area (Å²) in [6.07, 6.45) is 6.55. The number of benzene rings is 2. The van der Waals surface area contributed by atoms with Crippen LogP contribution >= 0.6 is 0 Å². The molecule has 2 aromatic heterocycles. The van der Waals surface area contributed by atoms with Gasteiger partial charge in [0, 0.05) is 41.0 Å². The molecule has 3 heterocycles. The highest BCUT2D eigenvalue weighted by atomic mass is 16.1. The standard InChI is InChI=1S/C26H27N5O/c27-14-21(15-28)18-5-7-24-20(11-18)12-22(26(32)30-24)25-13-19-10-17(4-6-23(19)29-25)16-31-8-2-1-3-9-31/h4-7,10-15,27,29H,1-3,8-9,16,28H2,(H,30,32). The summed E-state index contributed by atoms with van der Waals surface area (Å²) in [7, 11) is 0. The van der Waals surface area contributed by atoms with E-state index in [1.54, 1.807) is 0 Å². The fourth-order valence-corrected chi connectivity index (χ4v) is 4.62. The van der Waals surface area contributed by atoms with Crippen molar-refractivity contribution >= 4 is 33.6 Å².